The number of H-pyrrole nitrogens is 1. The van der Waals surface area contributed by atoms with Crippen LogP contribution in [0.4, 0.5) is 18.9 Å². The molecule has 0 aliphatic rings. The summed E-state index contributed by atoms with van der Waals surface area (Å²) in [5, 5.41) is 2.28. The summed E-state index contributed by atoms with van der Waals surface area (Å²) in [5.74, 6) is -0.762. The second-order valence-electron chi connectivity index (χ2n) is 5.34. The van der Waals surface area contributed by atoms with Gasteiger partial charge in [0.25, 0.3) is 5.56 Å². The molecule has 0 radical (unpaired) electrons. The molecule has 0 aliphatic heterocycles. The molecule has 0 unspecified atom stereocenters. The molecule has 8 nitrogen and oxygen atoms in total. The van der Waals surface area contributed by atoms with Crippen molar-refractivity contribution in [2.24, 2.45) is 0 Å². The number of methoxy groups -OCH3 is 1. The molecule has 1 aromatic carbocycles. The van der Waals surface area contributed by atoms with Crippen molar-refractivity contribution in [2.75, 3.05) is 25.6 Å². The van der Waals surface area contributed by atoms with Crippen LogP contribution in [-0.4, -0.2) is 35.8 Å². The summed E-state index contributed by atoms with van der Waals surface area (Å²) in [4.78, 5) is 36.7. The third kappa shape index (κ3) is 5.71. The van der Waals surface area contributed by atoms with Crippen LogP contribution >= 0.6 is 0 Å². The fourth-order valence-electron chi connectivity index (χ4n) is 2.08. The largest absolute Gasteiger partial charge is 0.489 e. The Morgan fingerprint density at radius 1 is 1.22 bits per heavy atom. The predicted molar refractivity (Wildman–Crippen MR) is 88.8 cm³/mol. The lowest BCUT2D eigenvalue weighted by Gasteiger charge is -2.15. The number of nitrogens with one attached hydrogen (secondary N) is 2. The first-order chi connectivity index (χ1) is 12.7. The highest BCUT2D eigenvalue weighted by Gasteiger charge is 2.31. The zero-order chi connectivity index (χ0) is 20.0. The van der Waals surface area contributed by atoms with Crippen molar-refractivity contribution in [3.63, 3.8) is 0 Å². The lowest BCUT2D eigenvalue weighted by atomic mass is 10.1. The standard InChI is InChI=1S/C16H16F3N3O5/c1-26-6-7-27-12-3-2-10(16(17,18)19)8-11(12)20-14(24)9-22-5-4-13(23)21-15(22)25/h2-5,8H,6-7,9H2,1H3,(H,20,24)(H,21,23,25). The maximum Gasteiger partial charge on any atom is 0.416 e. The number of carbonyl (C=O) groups is 1. The highest BCUT2D eigenvalue weighted by atomic mass is 19.4. The molecule has 1 amide bonds. The summed E-state index contributed by atoms with van der Waals surface area (Å²) in [6.07, 6.45) is -3.51. The highest BCUT2D eigenvalue weighted by molar-refractivity contribution is 5.92. The molecular formula is C16H16F3N3O5. The van der Waals surface area contributed by atoms with Crippen LogP contribution in [0.15, 0.2) is 40.1 Å². The van der Waals surface area contributed by atoms with Gasteiger partial charge in [-0.1, -0.05) is 0 Å². The molecule has 0 aliphatic carbocycles. The zero-order valence-corrected chi connectivity index (χ0v) is 14.1. The average Bonchev–Trinajstić information content (AvgIpc) is 2.58. The van der Waals surface area contributed by atoms with E-state index in [1.165, 1.54) is 7.11 Å². The Bertz CT molecular complexity index is 920. The Kier molecular flexibility index (Phi) is 6.40. The van der Waals surface area contributed by atoms with E-state index >= 15 is 0 Å². The van der Waals surface area contributed by atoms with Crippen molar-refractivity contribution in [1.82, 2.24) is 9.55 Å². The minimum atomic E-state index is -4.61. The number of aromatic amines is 1. The van der Waals surface area contributed by atoms with Gasteiger partial charge in [0, 0.05) is 19.4 Å². The summed E-state index contributed by atoms with van der Waals surface area (Å²) in [6.45, 7) is -0.255. The number of hydrogen-bond acceptors (Lipinski definition) is 5. The van der Waals surface area contributed by atoms with Crippen LogP contribution in [0.5, 0.6) is 5.75 Å². The van der Waals surface area contributed by atoms with E-state index in [0.29, 0.717) is 0 Å². The zero-order valence-electron chi connectivity index (χ0n) is 14.1. The minimum absolute atomic E-state index is 0.0159. The van der Waals surface area contributed by atoms with E-state index < -0.39 is 35.4 Å². The molecule has 0 spiro atoms. The Labute approximate surface area is 150 Å². The number of anilines is 1. The maximum absolute atomic E-state index is 12.9. The molecule has 0 atom stereocenters. The third-order valence-corrected chi connectivity index (χ3v) is 3.34. The molecule has 0 saturated heterocycles. The number of hydrogen-bond donors (Lipinski definition) is 2. The molecule has 2 N–H and O–H groups in total. The average molecular weight is 387 g/mol. The lowest BCUT2D eigenvalue weighted by molar-refractivity contribution is -0.137. The summed E-state index contributed by atoms with van der Waals surface area (Å²) in [7, 11) is 1.43. The molecule has 1 heterocycles. The van der Waals surface area contributed by atoms with Crippen molar-refractivity contribution in [3.8, 4) is 5.75 Å². The van der Waals surface area contributed by atoms with Gasteiger partial charge in [0.2, 0.25) is 5.91 Å². The van der Waals surface area contributed by atoms with Crippen molar-refractivity contribution in [2.45, 2.75) is 12.7 Å². The molecule has 27 heavy (non-hydrogen) atoms. The van der Waals surface area contributed by atoms with Gasteiger partial charge in [-0.25, -0.2) is 4.79 Å². The van der Waals surface area contributed by atoms with Crippen LogP contribution in [0.25, 0.3) is 0 Å². The normalized spacial score (nSPS) is 11.3. The van der Waals surface area contributed by atoms with Gasteiger partial charge in [-0.3, -0.25) is 19.1 Å². The van der Waals surface area contributed by atoms with E-state index in [1.807, 2.05) is 4.98 Å². The summed E-state index contributed by atoms with van der Waals surface area (Å²) in [5.41, 5.74) is -2.64. The second kappa shape index (κ2) is 8.54. The molecule has 2 aromatic rings. The molecule has 11 heteroatoms. The van der Waals surface area contributed by atoms with E-state index in [4.69, 9.17) is 9.47 Å². The van der Waals surface area contributed by atoms with Gasteiger partial charge >= 0.3 is 11.9 Å². The van der Waals surface area contributed by atoms with Crippen molar-refractivity contribution >= 4 is 11.6 Å². The van der Waals surface area contributed by atoms with Crippen LogP contribution < -0.4 is 21.3 Å². The number of aromatic nitrogens is 2. The number of amides is 1. The van der Waals surface area contributed by atoms with Gasteiger partial charge in [-0.05, 0) is 18.2 Å². The van der Waals surface area contributed by atoms with Crippen molar-refractivity contribution in [3.05, 3.63) is 56.9 Å². The van der Waals surface area contributed by atoms with Crippen LogP contribution in [0.1, 0.15) is 5.56 Å². The summed E-state index contributed by atoms with van der Waals surface area (Å²) >= 11 is 0. The lowest BCUT2D eigenvalue weighted by Crippen LogP contribution is -2.32. The van der Waals surface area contributed by atoms with Crippen LogP contribution in [0.3, 0.4) is 0 Å². The molecule has 146 valence electrons. The highest BCUT2D eigenvalue weighted by Crippen LogP contribution is 2.35. The van der Waals surface area contributed by atoms with Gasteiger partial charge < -0.3 is 14.8 Å². The number of benzene rings is 1. The van der Waals surface area contributed by atoms with E-state index in [1.54, 1.807) is 0 Å². The van der Waals surface area contributed by atoms with Gasteiger partial charge in [-0.15, -0.1) is 0 Å². The number of halogens is 3. The first kappa shape index (κ1) is 20.2. The first-order valence-corrected chi connectivity index (χ1v) is 7.63. The number of rotatable bonds is 7. The molecule has 0 bridgehead atoms. The Hall–Kier alpha value is -3.08. The van der Waals surface area contributed by atoms with Gasteiger partial charge in [0.1, 0.15) is 18.9 Å². The van der Waals surface area contributed by atoms with Crippen LogP contribution in [-0.2, 0) is 22.3 Å². The number of carbonyl (C=O) groups excluding carboxylic acids is 1. The second-order valence-corrected chi connectivity index (χ2v) is 5.34. The number of nitrogens with zero attached hydrogens (tertiary/aromatic N) is 1. The topological polar surface area (TPSA) is 102 Å². The summed E-state index contributed by atoms with van der Waals surface area (Å²) in [6, 6.07) is 3.68. The summed E-state index contributed by atoms with van der Waals surface area (Å²) < 4.78 is 49.8. The molecular weight excluding hydrogens is 371 g/mol. The molecule has 0 fully saturated rings. The smallest absolute Gasteiger partial charge is 0.416 e. The number of alkyl halides is 3. The number of ether oxygens (including phenoxy) is 2. The van der Waals surface area contributed by atoms with Gasteiger partial charge in [0.15, 0.2) is 0 Å². The van der Waals surface area contributed by atoms with Crippen LogP contribution in [0.2, 0.25) is 0 Å². The monoisotopic (exact) mass is 387 g/mol. The fraction of sp³-hybridized carbons (Fsp3) is 0.312. The van der Waals surface area contributed by atoms with Gasteiger partial charge in [-0.2, -0.15) is 13.2 Å². The fourth-order valence-corrected chi connectivity index (χ4v) is 2.08. The molecule has 2 rings (SSSR count). The Morgan fingerprint density at radius 3 is 2.59 bits per heavy atom. The van der Waals surface area contributed by atoms with Gasteiger partial charge in [0.05, 0.1) is 17.9 Å². The minimum Gasteiger partial charge on any atom is -0.489 e. The van der Waals surface area contributed by atoms with Crippen molar-refractivity contribution < 1.29 is 27.4 Å². The maximum atomic E-state index is 12.9. The molecule has 1 aromatic heterocycles. The quantitative estimate of drug-likeness (QED) is 0.696. The Morgan fingerprint density at radius 2 is 1.96 bits per heavy atom. The van der Waals surface area contributed by atoms with Crippen LogP contribution in [0, 0.1) is 0 Å². The SMILES string of the molecule is COCCOc1ccc(C(F)(F)F)cc1NC(=O)Cn1ccc(=O)[nH]c1=O. The Balaban J connectivity index is 2.23. The van der Waals surface area contributed by atoms with E-state index in [-0.39, 0.29) is 24.7 Å². The molecule has 0 saturated carbocycles. The van der Waals surface area contributed by atoms with E-state index in [0.717, 1.165) is 35.0 Å². The van der Waals surface area contributed by atoms with E-state index in [2.05, 4.69) is 5.32 Å². The predicted octanol–water partition coefficient (Wildman–Crippen LogP) is 1.22. The van der Waals surface area contributed by atoms with Crippen molar-refractivity contribution in [1.29, 1.82) is 0 Å². The van der Waals surface area contributed by atoms with E-state index in [9.17, 15) is 27.6 Å². The third-order valence-electron chi connectivity index (χ3n) is 3.34. The first-order valence-electron chi connectivity index (χ1n) is 7.63.